The number of methoxy groups -OCH3 is 1. The summed E-state index contributed by atoms with van der Waals surface area (Å²) < 4.78 is 7.31. The molecule has 2 amide bonds. The van der Waals surface area contributed by atoms with E-state index in [1.54, 1.807) is 36.0 Å². The minimum atomic E-state index is -0.189. The van der Waals surface area contributed by atoms with Gasteiger partial charge in [0, 0.05) is 69.0 Å². The average molecular weight is 518 g/mol. The molecule has 1 aromatic rings. The van der Waals surface area contributed by atoms with E-state index in [-0.39, 0.29) is 46.2 Å². The minimum absolute atomic E-state index is 0.0661. The van der Waals surface area contributed by atoms with Gasteiger partial charge in [-0.1, -0.05) is 12.8 Å². The minimum Gasteiger partial charge on any atom is -0.381 e. The van der Waals surface area contributed by atoms with Crippen LogP contribution in [0.15, 0.2) is 23.1 Å². The van der Waals surface area contributed by atoms with Crippen molar-refractivity contribution in [1.29, 1.82) is 0 Å². The maximum Gasteiger partial charge on any atom is 0.254 e. The maximum atomic E-state index is 13.5. The van der Waals surface area contributed by atoms with Crippen LogP contribution in [-0.2, 0) is 16.6 Å². The molecule has 10 heteroatoms. The number of rotatable bonds is 5. The van der Waals surface area contributed by atoms with Crippen molar-refractivity contribution in [2.45, 2.75) is 68.0 Å². The van der Waals surface area contributed by atoms with Gasteiger partial charge in [0.25, 0.3) is 11.5 Å². The molecule has 5 rings (SSSR count). The Bertz CT molecular complexity index is 1020. The van der Waals surface area contributed by atoms with Gasteiger partial charge in [0.15, 0.2) is 0 Å². The zero-order valence-electron chi connectivity index (χ0n) is 21.4. The molecule has 0 bridgehead atoms. The van der Waals surface area contributed by atoms with E-state index < -0.39 is 0 Å². The number of pyridine rings is 1. The van der Waals surface area contributed by atoms with Crippen LogP contribution in [0.4, 0.5) is 0 Å². The van der Waals surface area contributed by atoms with Crippen LogP contribution in [-0.4, -0.2) is 77.0 Å². The molecule has 4 aliphatic rings. The molecule has 198 valence electrons. The van der Waals surface area contributed by atoms with Crippen molar-refractivity contribution in [1.82, 2.24) is 25.4 Å². The Balaban J connectivity index is 1.18. The molecule has 0 aromatic carbocycles. The Kier molecular flexibility index (Phi) is 7.76. The smallest absolute Gasteiger partial charge is 0.254 e. The van der Waals surface area contributed by atoms with Gasteiger partial charge in [-0.2, -0.15) is 0 Å². The zero-order chi connectivity index (χ0) is 25.4. The number of hydrogen-bond donors (Lipinski definition) is 3. The number of ether oxygens (including phenoxy) is 1. The molecular formula is C26H39N5O4S. The highest BCUT2D eigenvalue weighted by atomic mass is 32.2. The summed E-state index contributed by atoms with van der Waals surface area (Å²) in [7, 11) is 3.48. The number of aromatic nitrogens is 1. The highest BCUT2D eigenvalue weighted by Crippen LogP contribution is 2.40. The number of likely N-dealkylation sites (tertiary alicyclic amines) is 1. The maximum absolute atomic E-state index is 13.5. The van der Waals surface area contributed by atoms with Crippen LogP contribution >= 0.6 is 11.8 Å². The van der Waals surface area contributed by atoms with Crippen molar-refractivity contribution in [3.8, 4) is 0 Å². The van der Waals surface area contributed by atoms with Crippen molar-refractivity contribution < 1.29 is 14.3 Å². The Hall–Kier alpha value is -1.88. The van der Waals surface area contributed by atoms with E-state index in [9.17, 15) is 14.4 Å². The Morgan fingerprint density at radius 2 is 2.00 bits per heavy atom. The molecule has 1 saturated carbocycles. The lowest BCUT2D eigenvalue weighted by molar-refractivity contribution is -0.130. The Labute approximate surface area is 217 Å². The molecule has 3 saturated heterocycles. The van der Waals surface area contributed by atoms with Crippen LogP contribution in [0.1, 0.15) is 49.4 Å². The summed E-state index contributed by atoms with van der Waals surface area (Å²) in [6.07, 6.45) is 7.52. The number of nitrogens with one attached hydrogen (secondary N) is 3. The van der Waals surface area contributed by atoms with Gasteiger partial charge in [0.05, 0.1) is 12.0 Å². The van der Waals surface area contributed by atoms with Gasteiger partial charge in [0.1, 0.15) is 5.50 Å². The standard InChI is InChI=1S/C26H39N5O4S/c1-15-10-18(17-6-4-5-7-21(17)35-3)19(12-27-15)24(33)29-26-28-20-13-31(14-22(20)36-26)25(34)16-8-9-30(2)23(32)11-16/h8-9,11,15,17-22,26-28H,4-7,10,12-14H2,1-3H3,(H,29,33). The van der Waals surface area contributed by atoms with Crippen molar-refractivity contribution in [3.63, 3.8) is 0 Å². The lowest BCUT2D eigenvalue weighted by Gasteiger charge is -2.44. The van der Waals surface area contributed by atoms with E-state index >= 15 is 0 Å². The summed E-state index contributed by atoms with van der Waals surface area (Å²) in [5.74, 6) is 0.683. The molecule has 3 N–H and O–H groups in total. The van der Waals surface area contributed by atoms with Crippen LogP contribution in [0.2, 0.25) is 0 Å². The van der Waals surface area contributed by atoms with Gasteiger partial charge in [-0.05, 0) is 44.1 Å². The number of thioether (sulfide) groups is 1. The fourth-order valence-corrected chi connectivity index (χ4v) is 8.03. The summed E-state index contributed by atoms with van der Waals surface area (Å²) in [4.78, 5) is 40.2. The number of aryl methyl sites for hydroxylation is 1. The van der Waals surface area contributed by atoms with Gasteiger partial charge >= 0.3 is 0 Å². The number of hydrogen-bond acceptors (Lipinski definition) is 7. The third-order valence-electron chi connectivity index (χ3n) is 8.63. The number of carbonyl (C=O) groups is 2. The van der Waals surface area contributed by atoms with E-state index in [0.29, 0.717) is 43.1 Å². The van der Waals surface area contributed by atoms with Gasteiger partial charge in [-0.25, -0.2) is 0 Å². The molecule has 8 atom stereocenters. The molecule has 0 spiro atoms. The number of fused-ring (bicyclic) bond motifs is 1. The van der Waals surface area contributed by atoms with Crippen LogP contribution in [0, 0.1) is 17.8 Å². The average Bonchev–Trinajstić information content (AvgIpc) is 3.44. The third-order valence-corrected chi connectivity index (χ3v) is 9.98. The van der Waals surface area contributed by atoms with Crippen LogP contribution in [0.5, 0.6) is 0 Å². The zero-order valence-corrected chi connectivity index (χ0v) is 22.3. The van der Waals surface area contributed by atoms with E-state index in [1.807, 2.05) is 7.11 Å². The fourth-order valence-electron chi connectivity index (χ4n) is 6.63. The summed E-state index contributed by atoms with van der Waals surface area (Å²) in [6.45, 7) is 4.08. The first-order chi connectivity index (χ1) is 17.3. The Morgan fingerprint density at radius 3 is 2.75 bits per heavy atom. The molecule has 1 aromatic heterocycles. The monoisotopic (exact) mass is 517 g/mol. The van der Waals surface area contributed by atoms with E-state index in [2.05, 4.69) is 22.9 Å². The number of nitrogens with zero attached hydrogens (tertiary/aromatic N) is 2. The molecule has 1 aliphatic carbocycles. The number of carbonyl (C=O) groups excluding carboxylic acids is 2. The fraction of sp³-hybridized carbons (Fsp3) is 0.731. The Morgan fingerprint density at radius 1 is 1.19 bits per heavy atom. The lowest BCUT2D eigenvalue weighted by atomic mass is 9.68. The lowest BCUT2D eigenvalue weighted by Crippen LogP contribution is -2.55. The molecule has 4 fully saturated rings. The molecule has 36 heavy (non-hydrogen) atoms. The highest BCUT2D eigenvalue weighted by molar-refractivity contribution is 8.00. The summed E-state index contributed by atoms with van der Waals surface area (Å²) >= 11 is 1.69. The van der Waals surface area contributed by atoms with Crippen molar-refractivity contribution in [3.05, 3.63) is 34.2 Å². The second-order valence-corrected chi connectivity index (χ2v) is 12.3. The molecule has 4 heterocycles. The van der Waals surface area contributed by atoms with Gasteiger partial charge in [-0.15, -0.1) is 11.8 Å². The normalized spacial score (nSPS) is 36.5. The first kappa shape index (κ1) is 25.8. The topological polar surface area (TPSA) is 105 Å². The second-order valence-electron chi connectivity index (χ2n) is 10.9. The predicted molar refractivity (Wildman–Crippen MR) is 140 cm³/mol. The summed E-state index contributed by atoms with van der Waals surface area (Å²) in [5.41, 5.74) is 0.0823. The molecule has 3 aliphatic heterocycles. The molecule has 0 radical (unpaired) electrons. The van der Waals surface area contributed by atoms with Crippen molar-refractivity contribution in [2.75, 3.05) is 26.7 Å². The summed E-state index contributed by atoms with van der Waals surface area (Å²) in [5, 5.41) is 10.5. The van der Waals surface area contributed by atoms with Gasteiger partial charge < -0.3 is 24.8 Å². The SMILES string of the molecule is COC1CCCCC1C1CC(C)NCC1C(=O)NC1NC2CN(C(=O)c3ccn(C)c(=O)c3)CC2S1. The molecular weight excluding hydrogens is 478 g/mol. The van der Waals surface area contributed by atoms with Crippen LogP contribution < -0.4 is 21.5 Å². The van der Waals surface area contributed by atoms with Gasteiger partial charge in [0.2, 0.25) is 5.91 Å². The predicted octanol–water partition coefficient (Wildman–Crippen LogP) is 1.13. The largest absolute Gasteiger partial charge is 0.381 e. The van der Waals surface area contributed by atoms with Crippen LogP contribution in [0.3, 0.4) is 0 Å². The van der Waals surface area contributed by atoms with E-state index in [1.165, 1.54) is 23.5 Å². The van der Waals surface area contributed by atoms with Crippen molar-refractivity contribution in [2.24, 2.45) is 24.8 Å². The highest BCUT2D eigenvalue weighted by Gasteiger charge is 2.46. The number of amides is 2. The first-order valence-corrected chi connectivity index (χ1v) is 14.2. The molecule has 9 nitrogen and oxygen atoms in total. The van der Waals surface area contributed by atoms with E-state index in [0.717, 1.165) is 19.3 Å². The van der Waals surface area contributed by atoms with E-state index in [4.69, 9.17) is 4.74 Å². The molecule has 8 unspecified atom stereocenters. The quantitative estimate of drug-likeness (QED) is 0.538. The third kappa shape index (κ3) is 5.23. The summed E-state index contributed by atoms with van der Waals surface area (Å²) in [6, 6.07) is 3.62. The first-order valence-electron chi connectivity index (χ1n) is 13.3. The van der Waals surface area contributed by atoms with Crippen molar-refractivity contribution >= 4 is 23.6 Å². The van der Waals surface area contributed by atoms with Crippen LogP contribution in [0.25, 0.3) is 0 Å². The number of piperidine rings is 1. The van der Waals surface area contributed by atoms with Gasteiger partial charge in [-0.3, -0.25) is 19.7 Å². The second kappa shape index (κ2) is 10.8.